The molecule has 0 bridgehead atoms. The standard InChI is InChI=1S/C14H14N4OS2/c15-7-10-9-3-1-2-4-11(9)21-13(10)18-12(19)8-20-14-16-5-6-17-14/h5-6H,1-4,8H2,(H,16,17)(H,18,19). The first kappa shape index (κ1) is 14.2. The topological polar surface area (TPSA) is 81.6 Å². The molecule has 0 fully saturated rings. The van der Waals surface area contributed by atoms with Crippen LogP contribution in [0.25, 0.3) is 0 Å². The summed E-state index contributed by atoms with van der Waals surface area (Å²) in [6.45, 7) is 0. The Bertz CT molecular complexity index is 685. The number of aromatic nitrogens is 2. The molecule has 21 heavy (non-hydrogen) atoms. The molecule has 0 unspecified atom stereocenters. The van der Waals surface area contributed by atoms with Gasteiger partial charge in [-0.05, 0) is 31.2 Å². The van der Waals surface area contributed by atoms with Crippen LogP contribution in [0.4, 0.5) is 5.00 Å². The fourth-order valence-corrected chi connectivity index (χ4v) is 4.28. The smallest absolute Gasteiger partial charge is 0.235 e. The van der Waals surface area contributed by atoms with Gasteiger partial charge in [0.1, 0.15) is 11.1 Å². The van der Waals surface area contributed by atoms with Gasteiger partial charge in [0.05, 0.1) is 11.3 Å². The number of H-pyrrole nitrogens is 1. The van der Waals surface area contributed by atoms with E-state index in [-0.39, 0.29) is 11.7 Å². The van der Waals surface area contributed by atoms with E-state index in [9.17, 15) is 10.1 Å². The lowest BCUT2D eigenvalue weighted by atomic mass is 9.96. The SMILES string of the molecule is N#Cc1c(NC(=O)CSc2ncc[nH]2)sc2c1CCCC2. The second-order valence-electron chi connectivity index (χ2n) is 4.76. The van der Waals surface area contributed by atoms with Crippen LogP contribution in [-0.2, 0) is 17.6 Å². The molecule has 2 aromatic rings. The number of nitriles is 1. The summed E-state index contributed by atoms with van der Waals surface area (Å²) in [4.78, 5) is 20.3. The molecule has 1 aliphatic rings. The molecule has 3 rings (SSSR count). The Hall–Kier alpha value is -1.78. The average molecular weight is 318 g/mol. The zero-order valence-corrected chi connectivity index (χ0v) is 12.9. The lowest BCUT2D eigenvalue weighted by Gasteiger charge is -2.09. The molecule has 5 nitrogen and oxygen atoms in total. The third-order valence-corrected chi connectivity index (χ3v) is 5.46. The number of nitrogens with zero attached hydrogens (tertiary/aromatic N) is 2. The number of hydrogen-bond donors (Lipinski definition) is 2. The van der Waals surface area contributed by atoms with E-state index in [0.29, 0.717) is 10.6 Å². The first-order chi connectivity index (χ1) is 10.3. The van der Waals surface area contributed by atoms with E-state index in [2.05, 4.69) is 21.4 Å². The molecule has 2 aromatic heterocycles. The number of aryl methyl sites for hydroxylation is 1. The zero-order valence-electron chi connectivity index (χ0n) is 11.3. The van der Waals surface area contributed by atoms with Crippen LogP contribution in [0.15, 0.2) is 17.6 Å². The summed E-state index contributed by atoms with van der Waals surface area (Å²) in [5.41, 5.74) is 1.80. The Kier molecular flexibility index (Phi) is 4.27. The zero-order chi connectivity index (χ0) is 14.7. The maximum absolute atomic E-state index is 12.0. The van der Waals surface area contributed by atoms with E-state index >= 15 is 0 Å². The van der Waals surface area contributed by atoms with Gasteiger partial charge in [-0.25, -0.2) is 4.98 Å². The van der Waals surface area contributed by atoms with Gasteiger partial charge in [0.15, 0.2) is 5.16 Å². The predicted octanol–water partition coefficient (Wildman–Crippen LogP) is 2.95. The van der Waals surface area contributed by atoms with Crippen LogP contribution in [0.3, 0.4) is 0 Å². The van der Waals surface area contributed by atoms with Gasteiger partial charge in [-0.2, -0.15) is 5.26 Å². The molecule has 0 radical (unpaired) electrons. The number of amides is 1. The van der Waals surface area contributed by atoms with Crippen LogP contribution in [-0.4, -0.2) is 21.6 Å². The number of imidazole rings is 1. The predicted molar refractivity (Wildman–Crippen MR) is 83.6 cm³/mol. The maximum atomic E-state index is 12.0. The number of nitrogens with one attached hydrogen (secondary N) is 2. The van der Waals surface area contributed by atoms with Crippen molar-refractivity contribution in [1.29, 1.82) is 5.26 Å². The lowest BCUT2D eigenvalue weighted by Crippen LogP contribution is -2.14. The van der Waals surface area contributed by atoms with Crippen LogP contribution in [0.2, 0.25) is 0 Å². The number of anilines is 1. The van der Waals surface area contributed by atoms with Gasteiger partial charge in [0.2, 0.25) is 5.91 Å². The number of fused-ring (bicyclic) bond motifs is 1. The summed E-state index contributed by atoms with van der Waals surface area (Å²) in [7, 11) is 0. The van der Waals surface area contributed by atoms with Crippen molar-refractivity contribution in [1.82, 2.24) is 9.97 Å². The highest BCUT2D eigenvalue weighted by molar-refractivity contribution is 7.99. The summed E-state index contributed by atoms with van der Waals surface area (Å²) in [5, 5.41) is 13.6. The third-order valence-electron chi connectivity index (χ3n) is 3.35. The van der Waals surface area contributed by atoms with Crippen LogP contribution < -0.4 is 5.32 Å². The van der Waals surface area contributed by atoms with Crippen LogP contribution >= 0.6 is 23.1 Å². The van der Waals surface area contributed by atoms with Crippen LogP contribution in [0.5, 0.6) is 0 Å². The van der Waals surface area contributed by atoms with Crippen LogP contribution in [0.1, 0.15) is 28.8 Å². The Morgan fingerprint density at radius 2 is 2.38 bits per heavy atom. The molecule has 0 spiro atoms. The van der Waals surface area contributed by atoms with Gasteiger partial charge in [-0.3, -0.25) is 4.79 Å². The van der Waals surface area contributed by atoms with E-state index in [1.165, 1.54) is 23.1 Å². The first-order valence-electron chi connectivity index (χ1n) is 6.74. The number of thioether (sulfide) groups is 1. The molecule has 2 heterocycles. The normalized spacial score (nSPS) is 13.5. The first-order valence-corrected chi connectivity index (χ1v) is 8.55. The van der Waals surface area contributed by atoms with Gasteiger partial charge < -0.3 is 10.3 Å². The molecule has 1 amide bonds. The highest BCUT2D eigenvalue weighted by atomic mass is 32.2. The van der Waals surface area contributed by atoms with Crippen molar-refractivity contribution >= 4 is 34.0 Å². The summed E-state index contributed by atoms with van der Waals surface area (Å²) in [6.07, 6.45) is 7.64. The largest absolute Gasteiger partial charge is 0.340 e. The molecule has 7 heteroatoms. The highest BCUT2D eigenvalue weighted by Gasteiger charge is 2.21. The maximum Gasteiger partial charge on any atom is 0.235 e. The fourth-order valence-electron chi connectivity index (χ4n) is 2.40. The number of aromatic amines is 1. The van der Waals surface area contributed by atoms with Crippen molar-refractivity contribution in [2.24, 2.45) is 0 Å². The quantitative estimate of drug-likeness (QED) is 0.849. The third kappa shape index (κ3) is 3.12. The summed E-state index contributed by atoms with van der Waals surface area (Å²) >= 11 is 2.90. The van der Waals surface area contributed by atoms with E-state index in [4.69, 9.17) is 0 Å². The van der Waals surface area contributed by atoms with Gasteiger partial charge in [0, 0.05) is 17.3 Å². The minimum absolute atomic E-state index is 0.105. The Labute approximate surface area is 130 Å². The van der Waals surface area contributed by atoms with E-state index in [1.807, 2.05) is 0 Å². The molecule has 1 aliphatic carbocycles. The number of carbonyl (C=O) groups excluding carboxylic acids is 1. The molecular weight excluding hydrogens is 304 g/mol. The Morgan fingerprint density at radius 1 is 1.52 bits per heavy atom. The number of rotatable bonds is 4. The number of carbonyl (C=O) groups is 1. The van der Waals surface area contributed by atoms with Gasteiger partial charge in [-0.15, -0.1) is 11.3 Å². The number of thiophene rings is 1. The van der Waals surface area contributed by atoms with Crippen molar-refractivity contribution in [3.63, 3.8) is 0 Å². The van der Waals surface area contributed by atoms with Crippen molar-refractivity contribution in [2.45, 2.75) is 30.8 Å². The van der Waals surface area contributed by atoms with E-state index in [0.717, 1.165) is 30.0 Å². The molecule has 0 saturated carbocycles. The Balaban J connectivity index is 1.68. The second-order valence-corrected chi connectivity index (χ2v) is 6.83. The van der Waals surface area contributed by atoms with Gasteiger partial charge in [0.25, 0.3) is 0 Å². The molecule has 108 valence electrons. The van der Waals surface area contributed by atoms with Crippen molar-refractivity contribution in [3.05, 3.63) is 28.4 Å². The molecule has 2 N–H and O–H groups in total. The average Bonchev–Trinajstić information content (AvgIpc) is 3.12. The summed E-state index contributed by atoms with van der Waals surface area (Å²) < 4.78 is 0. The van der Waals surface area contributed by atoms with Crippen molar-refractivity contribution in [2.75, 3.05) is 11.1 Å². The monoisotopic (exact) mass is 318 g/mol. The summed E-state index contributed by atoms with van der Waals surface area (Å²) in [6, 6.07) is 2.25. The molecule has 0 saturated heterocycles. The van der Waals surface area contributed by atoms with Crippen molar-refractivity contribution in [3.8, 4) is 6.07 Å². The highest BCUT2D eigenvalue weighted by Crippen LogP contribution is 2.37. The minimum atomic E-state index is -0.105. The summed E-state index contributed by atoms with van der Waals surface area (Å²) in [5.74, 6) is 0.174. The molecule has 0 aliphatic heterocycles. The minimum Gasteiger partial charge on any atom is -0.340 e. The lowest BCUT2D eigenvalue weighted by molar-refractivity contribution is -0.113. The van der Waals surface area contributed by atoms with Crippen molar-refractivity contribution < 1.29 is 4.79 Å². The second kappa shape index (κ2) is 6.33. The molecular formula is C14H14N4OS2. The van der Waals surface area contributed by atoms with Gasteiger partial charge >= 0.3 is 0 Å². The van der Waals surface area contributed by atoms with E-state index < -0.39 is 0 Å². The van der Waals surface area contributed by atoms with Gasteiger partial charge in [-0.1, -0.05) is 11.8 Å². The fraction of sp³-hybridized carbons (Fsp3) is 0.357. The van der Waals surface area contributed by atoms with E-state index in [1.54, 1.807) is 23.7 Å². The molecule has 0 atom stereocenters. The Morgan fingerprint density at radius 3 is 3.14 bits per heavy atom. The molecule has 0 aromatic carbocycles. The van der Waals surface area contributed by atoms with Crippen LogP contribution in [0, 0.1) is 11.3 Å². The number of hydrogen-bond acceptors (Lipinski definition) is 5.